The summed E-state index contributed by atoms with van der Waals surface area (Å²) in [4.78, 5) is 12.2. The number of amides is 1. The molecule has 0 saturated heterocycles. The van der Waals surface area contributed by atoms with Crippen LogP contribution in [0.2, 0.25) is 0 Å². The molecule has 6 nitrogen and oxygen atoms in total. The molecule has 29 heavy (non-hydrogen) atoms. The molecule has 0 unspecified atom stereocenters. The van der Waals surface area contributed by atoms with Crippen LogP contribution in [-0.2, 0) is 6.54 Å². The first-order valence-electron chi connectivity index (χ1n) is 9.18. The Kier molecular flexibility index (Phi) is 10.4. The fourth-order valence-corrected chi connectivity index (χ4v) is 2.62. The molecule has 0 aliphatic carbocycles. The van der Waals surface area contributed by atoms with E-state index < -0.39 is 7.12 Å². The number of aromatic nitrogens is 1. The number of nitrogens with one attached hydrogen (secondary N) is 2. The van der Waals surface area contributed by atoms with Gasteiger partial charge >= 0.3 is 7.12 Å². The minimum atomic E-state index is -1.51. The summed E-state index contributed by atoms with van der Waals surface area (Å²) < 4.78 is 1.88. The van der Waals surface area contributed by atoms with Crippen LogP contribution in [0.15, 0.2) is 73.2 Å². The van der Waals surface area contributed by atoms with Gasteiger partial charge in [-0.1, -0.05) is 37.4 Å². The second kappa shape index (κ2) is 12.2. The van der Waals surface area contributed by atoms with E-state index in [1.165, 1.54) is 0 Å². The van der Waals surface area contributed by atoms with Crippen molar-refractivity contribution in [2.75, 3.05) is 13.1 Å². The lowest BCUT2D eigenvalue weighted by Crippen LogP contribution is -3.00. The van der Waals surface area contributed by atoms with Gasteiger partial charge in [-0.2, -0.15) is 0 Å². The molecule has 0 fully saturated rings. The highest BCUT2D eigenvalue weighted by Crippen LogP contribution is 2.00. The molecule has 154 valence electrons. The highest BCUT2D eigenvalue weighted by Gasteiger charge is 2.17. The summed E-state index contributed by atoms with van der Waals surface area (Å²) in [6, 6.07) is 10.6. The van der Waals surface area contributed by atoms with Gasteiger partial charge < -0.3 is 37.7 Å². The van der Waals surface area contributed by atoms with Gasteiger partial charge in [-0.3, -0.25) is 4.79 Å². The quantitative estimate of drug-likeness (QED) is 0.137. The molecule has 1 heterocycles. The van der Waals surface area contributed by atoms with E-state index in [2.05, 4.69) is 23.8 Å². The zero-order valence-electron chi connectivity index (χ0n) is 16.6. The fourth-order valence-electron chi connectivity index (χ4n) is 2.62. The smallest absolute Gasteiger partial charge is 0.488 e. The summed E-state index contributed by atoms with van der Waals surface area (Å²) in [6.07, 6.45) is 4.38. The van der Waals surface area contributed by atoms with Crippen molar-refractivity contribution in [3.05, 3.63) is 84.3 Å². The van der Waals surface area contributed by atoms with Crippen molar-refractivity contribution in [2.24, 2.45) is 0 Å². The first kappa shape index (κ1) is 24.6. The molecule has 2 rings (SSSR count). The lowest BCUT2D eigenvalue weighted by Gasteiger charge is -2.09. The Balaban J connectivity index is 0.00000420. The maximum absolute atomic E-state index is 12.2. The van der Waals surface area contributed by atoms with Crippen molar-refractivity contribution in [1.29, 1.82) is 0 Å². The predicted molar refractivity (Wildman–Crippen MR) is 111 cm³/mol. The van der Waals surface area contributed by atoms with E-state index in [0.717, 1.165) is 29.8 Å². The number of carbonyl (C=O) groups excluding carboxylic acids is 1. The average Bonchev–Trinajstić information content (AvgIpc) is 2.68. The van der Waals surface area contributed by atoms with Crippen LogP contribution in [0.5, 0.6) is 0 Å². The monoisotopic (exact) mass is 459 g/mol. The molecule has 0 aliphatic rings. The number of hydrogen-bond acceptors (Lipinski definition) is 4. The SMILES string of the molecule is C=C(C)C(=C)NCCCNC(=O)c1cc[n+](Cc2ccccc2B(O)O)cc1.[Br-]. The minimum Gasteiger partial charge on any atom is -1.00 e. The summed E-state index contributed by atoms with van der Waals surface area (Å²) in [6.45, 7) is 11.3. The Morgan fingerprint density at radius 2 is 1.69 bits per heavy atom. The van der Waals surface area contributed by atoms with Crippen LogP contribution in [-0.4, -0.2) is 36.2 Å². The number of rotatable bonds is 10. The van der Waals surface area contributed by atoms with E-state index in [-0.39, 0.29) is 22.9 Å². The van der Waals surface area contributed by atoms with Gasteiger partial charge in [0.05, 0.1) is 5.56 Å². The van der Waals surface area contributed by atoms with Gasteiger partial charge in [-0.25, -0.2) is 4.57 Å². The predicted octanol–water partition coefficient (Wildman–Crippen LogP) is -2.49. The fraction of sp³-hybridized carbons (Fsp3) is 0.238. The normalized spacial score (nSPS) is 9.90. The molecule has 1 aromatic carbocycles. The summed E-state index contributed by atoms with van der Waals surface area (Å²) in [5.74, 6) is -0.128. The number of halogens is 1. The summed E-state index contributed by atoms with van der Waals surface area (Å²) in [5, 5.41) is 25.0. The van der Waals surface area contributed by atoms with E-state index in [1.807, 2.05) is 23.6 Å². The first-order chi connectivity index (χ1) is 13.4. The zero-order chi connectivity index (χ0) is 20.5. The van der Waals surface area contributed by atoms with Gasteiger partial charge in [0.15, 0.2) is 18.9 Å². The summed E-state index contributed by atoms with van der Waals surface area (Å²) >= 11 is 0. The van der Waals surface area contributed by atoms with Crippen LogP contribution < -0.4 is 37.6 Å². The van der Waals surface area contributed by atoms with E-state index in [9.17, 15) is 14.8 Å². The second-order valence-corrected chi connectivity index (χ2v) is 6.63. The van der Waals surface area contributed by atoms with Gasteiger partial charge in [0.1, 0.15) is 0 Å². The van der Waals surface area contributed by atoms with Gasteiger partial charge in [0, 0.05) is 36.5 Å². The summed E-state index contributed by atoms with van der Waals surface area (Å²) in [7, 11) is -1.51. The number of carbonyl (C=O) groups is 1. The highest BCUT2D eigenvalue weighted by molar-refractivity contribution is 6.59. The van der Waals surface area contributed by atoms with Crippen molar-refractivity contribution in [1.82, 2.24) is 10.6 Å². The van der Waals surface area contributed by atoms with Crippen molar-refractivity contribution >= 4 is 18.5 Å². The second-order valence-electron chi connectivity index (χ2n) is 6.63. The number of benzene rings is 1. The average molecular weight is 460 g/mol. The molecular formula is C21H27BBrN3O3. The molecule has 4 N–H and O–H groups in total. The van der Waals surface area contributed by atoms with E-state index in [4.69, 9.17) is 0 Å². The van der Waals surface area contributed by atoms with Gasteiger partial charge in [-0.05, 0) is 24.4 Å². The Bertz CT molecular complexity index is 841. The molecule has 0 bridgehead atoms. The Morgan fingerprint density at radius 3 is 2.31 bits per heavy atom. The van der Waals surface area contributed by atoms with Crippen molar-refractivity contribution in [2.45, 2.75) is 19.9 Å². The topological polar surface area (TPSA) is 85.5 Å². The van der Waals surface area contributed by atoms with Gasteiger partial charge in [-0.15, -0.1) is 0 Å². The minimum absolute atomic E-state index is 0. The number of hydrogen-bond donors (Lipinski definition) is 4. The van der Waals surface area contributed by atoms with Crippen LogP contribution in [0.4, 0.5) is 0 Å². The first-order valence-corrected chi connectivity index (χ1v) is 9.18. The van der Waals surface area contributed by atoms with Crippen LogP contribution in [0.1, 0.15) is 29.3 Å². The molecule has 0 spiro atoms. The molecule has 8 heteroatoms. The molecule has 1 amide bonds. The van der Waals surface area contributed by atoms with Gasteiger partial charge in [0.2, 0.25) is 0 Å². The largest absolute Gasteiger partial charge is 1.00 e. The maximum atomic E-state index is 12.2. The van der Waals surface area contributed by atoms with E-state index in [1.54, 1.807) is 36.7 Å². The Labute approximate surface area is 182 Å². The van der Waals surface area contributed by atoms with Crippen molar-refractivity contribution in [3.8, 4) is 0 Å². The van der Waals surface area contributed by atoms with Gasteiger partial charge in [0.25, 0.3) is 5.91 Å². The van der Waals surface area contributed by atoms with Crippen molar-refractivity contribution < 1.29 is 36.4 Å². The van der Waals surface area contributed by atoms with Crippen LogP contribution in [0.25, 0.3) is 0 Å². The molecule has 0 aliphatic heterocycles. The van der Waals surface area contributed by atoms with Crippen LogP contribution >= 0.6 is 0 Å². The lowest BCUT2D eigenvalue weighted by atomic mass is 9.77. The molecule has 2 aromatic rings. The highest BCUT2D eigenvalue weighted by atomic mass is 79.9. The van der Waals surface area contributed by atoms with Crippen LogP contribution in [0.3, 0.4) is 0 Å². The molecule has 1 aromatic heterocycles. The zero-order valence-corrected chi connectivity index (χ0v) is 18.2. The standard InChI is InChI=1S/C21H26BN3O3.BrH/c1-16(2)17(3)23-11-6-12-24-21(26)18-9-13-25(14-10-18)15-19-7-4-5-8-20(19)22(27)28;/h4-5,7-10,13-14,23,27-28H,1,3,6,11-12,15H2,2H3;1H. The Hall–Kier alpha value is -2.42. The van der Waals surface area contributed by atoms with Crippen molar-refractivity contribution in [3.63, 3.8) is 0 Å². The molecular weight excluding hydrogens is 433 g/mol. The third kappa shape index (κ3) is 7.85. The third-order valence-electron chi connectivity index (χ3n) is 4.33. The number of allylic oxidation sites excluding steroid dienone is 1. The molecule has 0 saturated carbocycles. The molecule has 0 radical (unpaired) electrons. The number of nitrogens with zero attached hydrogens (tertiary/aromatic N) is 1. The maximum Gasteiger partial charge on any atom is 0.488 e. The van der Waals surface area contributed by atoms with Crippen LogP contribution in [0, 0.1) is 0 Å². The summed E-state index contributed by atoms with van der Waals surface area (Å²) in [5.41, 5.74) is 3.57. The number of pyridine rings is 1. The Morgan fingerprint density at radius 1 is 1.07 bits per heavy atom. The third-order valence-corrected chi connectivity index (χ3v) is 4.33. The lowest BCUT2D eigenvalue weighted by molar-refractivity contribution is -0.688. The van der Waals surface area contributed by atoms with E-state index in [0.29, 0.717) is 24.1 Å². The van der Waals surface area contributed by atoms with E-state index >= 15 is 0 Å². The molecule has 0 atom stereocenters.